The lowest BCUT2D eigenvalue weighted by Crippen LogP contribution is -2.55. The minimum absolute atomic E-state index is 0.179. The van der Waals surface area contributed by atoms with Crippen molar-refractivity contribution in [1.29, 1.82) is 0 Å². The molecule has 1 aliphatic heterocycles. The van der Waals surface area contributed by atoms with E-state index in [2.05, 4.69) is 11.5 Å². The number of benzene rings is 1. The van der Waals surface area contributed by atoms with E-state index in [1.165, 1.54) is 0 Å². The molecule has 4 N–H and O–H groups in total. The van der Waals surface area contributed by atoms with Crippen LogP contribution in [0.5, 0.6) is 0 Å². The maximum Gasteiger partial charge on any atom is 0.261 e. The molecular formula is C19H22ClNO4. The summed E-state index contributed by atoms with van der Waals surface area (Å²) in [5, 5.41) is 40.2. The largest absolute Gasteiger partial charge is 0.358 e. The molecule has 1 heterocycles. The number of aliphatic hydroxyl groups is 4. The van der Waals surface area contributed by atoms with Crippen molar-refractivity contribution in [2.75, 3.05) is 19.6 Å². The van der Waals surface area contributed by atoms with E-state index >= 15 is 0 Å². The van der Waals surface area contributed by atoms with Gasteiger partial charge in [-0.25, -0.2) is 0 Å². The third-order valence-corrected chi connectivity index (χ3v) is 5.36. The average Bonchev–Trinajstić information content (AvgIpc) is 2.74. The highest BCUT2D eigenvalue weighted by Gasteiger charge is 2.53. The quantitative estimate of drug-likeness (QED) is 0.482. The average molecular weight is 364 g/mol. The Bertz CT molecular complexity index is 724. The predicted octanol–water partition coefficient (Wildman–Crippen LogP) is 1.46. The number of likely N-dealkylation sites (tertiary alicyclic amines) is 1. The molecule has 2 aliphatic rings. The summed E-state index contributed by atoms with van der Waals surface area (Å²) in [6, 6.07) is 9.67. The molecule has 1 saturated heterocycles. The third-order valence-electron chi connectivity index (χ3n) is 4.87. The van der Waals surface area contributed by atoms with Crippen LogP contribution in [-0.2, 0) is 0 Å². The van der Waals surface area contributed by atoms with Crippen molar-refractivity contribution in [3.63, 3.8) is 0 Å². The molecule has 0 radical (unpaired) electrons. The monoisotopic (exact) mass is 363 g/mol. The molecule has 3 rings (SSSR count). The smallest absolute Gasteiger partial charge is 0.261 e. The van der Waals surface area contributed by atoms with Crippen LogP contribution >= 0.6 is 11.6 Å². The van der Waals surface area contributed by atoms with Crippen molar-refractivity contribution in [3.05, 3.63) is 70.8 Å². The van der Waals surface area contributed by atoms with Crippen LogP contribution in [0.3, 0.4) is 0 Å². The molecule has 0 bridgehead atoms. The topological polar surface area (TPSA) is 84.2 Å². The second-order valence-electron chi connectivity index (χ2n) is 6.55. The van der Waals surface area contributed by atoms with E-state index in [1.807, 2.05) is 36.4 Å². The van der Waals surface area contributed by atoms with E-state index in [0.717, 1.165) is 11.6 Å². The summed E-state index contributed by atoms with van der Waals surface area (Å²) >= 11 is 6.20. The normalized spacial score (nSPS) is 25.8. The Morgan fingerprint density at radius 2 is 1.88 bits per heavy atom. The second kappa shape index (κ2) is 6.68. The standard InChI is InChI=1S/C19H22ClNO4/c1-2-9-21-10-8-14-15(11-18(22,23)19(24,25)17(14)20)16(12-21)13-6-4-3-5-7-13/h2-7,11,16,22-25H,1,8-10,12H2. The SMILES string of the molecule is C=CCN1CCC2=C(Cl)C(O)(O)C(O)(O)C=C2C(c2ccccc2)C1. The van der Waals surface area contributed by atoms with Gasteiger partial charge in [0.15, 0.2) is 0 Å². The van der Waals surface area contributed by atoms with E-state index in [0.29, 0.717) is 37.2 Å². The Hall–Kier alpha value is -1.47. The van der Waals surface area contributed by atoms with Crippen LogP contribution in [0, 0.1) is 0 Å². The van der Waals surface area contributed by atoms with Crippen molar-refractivity contribution in [1.82, 2.24) is 4.90 Å². The summed E-state index contributed by atoms with van der Waals surface area (Å²) in [5.74, 6) is -5.96. The van der Waals surface area contributed by atoms with E-state index in [9.17, 15) is 20.4 Å². The van der Waals surface area contributed by atoms with Crippen LogP contribution in [0.25, 0.3) is 0 Å². The summed E-state index contributed by atoms with van der Waals surface area (Å²) in [5.41, 5.74) is 2.16. The molecule has 5 nitrogen and oxygen atoms in total. The molecule has 1 fully saturated rings. The molecule has 1 aliphatic carbocycles. The fourth-order valence-electron chi connectivity index (χ4n) is 3.50. The van der Waals surface area contributed by atoms with Gasteiger partial charge in [0.1, 0.15) is 0 Å². The molecule has 1 aromatic rings. The second-order valence-corrected chi connectivity index (χ2v) is 6.93. The van der Waals surface area contributed by atoms with Gasteiger partial charge in [-0.15, -0.1) is 6.58 Å². The lowest BCUT2D eigenvalue weighted by Gasteiger charge is -2.39. The molecule has 1 atom stereocenters. The molecular weight excluding hydrogens is 342 g/mol. The maximum absolute atomic E-state index is 10.2. The zero-order chi connectivity index (χ0) is 18.2. The highest BCUT2D eigenvalue weighted by molar-refractivity contribution is 6.31. The van der Waals surface area contributed by atoms with Gasteiger partial charge in [-0.3, -0.25) is 4.90 Å². The first-order chi connectivity index (χ1) is 11.8. The summed E-state index contributed by atoms with van der Waals surface area (Å²) in [6.45, 7) is 5.74. The number of hydrogen-bond donors (Lipinski definition) is 4. The number of halogens is 1. The molecule has 134 valence electrons. The van der Waals surface area contributed by atoms with Crippen molar-refractivity contribution in [2.24, 2.45) is 0 Å². The van der Waals surface area contributed by atoms with Crippen molar-refractivity contribution in [2.45, 2.75) is 23.9 Å². The molecule has 1 unspecified atom stereocenters. The minimum Gasteiger partial charge on any atom is -0.358 e. The zero-order valence-electron chi connectivity index (χ0n) is 13.8. The van der Waals surface area contributed by atoms with Crippen LogP contribution in [0.15, 0.2) is 65.2 Å². The molecule has 25 heavy (non-hydrogen) atoms. The van der Waals surface area contributed by atoms with Crippen molar-refractivity contribution in [3.8, 4) is 0 Å². The number of nitrogens with zero attached hydrogens (tertiary/aromatic N) is 1. The first-order valence-electron chi connectivity index (χ1n) is 8.18. The predicted molar refractivity (Wildman–Crippen MR) is 95.7 cm³/mol. The zero-order valence-corrected chi connectivity index (χ0v) is 14.5. The van der Waals surface area contributed by atoms with Gasteiger partial charge in [-0.1, -0.05) is 48.0 Å². The fourth-order valence-corrected chi connectivity index (χ4v) is 3.85. The van der Waals surface area contributed by atoms with Crippen LogP contribution in [-0.4, -0.2) is 56.5 Å². The number of hydrogen-bond acceptors (Lipinski definition) is 5. The van der Waals surface area contributed by atoms with E-state index in [-0.39, 0.29) is 11.0 Å². The number of fused-ring (bicyclic) bond motifs is 1. The van der Waals surface area contributed by atoms with Crippen LogP contribution in [0.1, 0.15) is 17.9 Å². The van der Waals surface area contributed by atoms with Crippen LogP contribution < -0.4 is 0 Å². The van der Waals surface area contributed by atoms with E-state index < -0.39 is 11.6 Å². The molecule has 0 aromatic heterocycles. The molecule has 0 amide bonds. The van der Waals surface area contributed by atoms with Gasteiger partial charge in [0.2, 0.25) is 5.79 Å². The Morgan fingerprint density at radius 3 is 2.52 bits per heavy atom. The van der Waals surface area contributed by atoms with Gasteiger partial charge < -0.3 is 20.4 Å². The van der Waals surface area contributed by atoms with Gasteiger partial charge in [0.05, 0.1) is 5.03 Å². The van der Waals surface area contributed by atoms with Gasteiger partial charge >= 0.3 is 0 Å². The van der Waals surface area contributed by atoms with Crippen LogP contribution in [0.2, 0.25) is 0 Å². The summed E-state index contributed by atoms with van der Waals surface area (Å²) < 4.78 is 0. The van der Waals surface area contributed by atoms with Crippen LogP contribution in [0.4, 0.5) is 0 Å². The summed E-state index contributed by atoms with van der Waals surface area (Å²) in [4.78, 5) is 2.17. The Balaban J connectivity index is 2.14. The van der Waals surface area contributed by atoms with Crippen molar-refractivity contribution >= 4 is 11.6 Å². The highest BCUT2D eigenvalue weighted by Crippen LogP contribution is 2.46. The Labute approximate surface area is 151 Å². The Kier molecular flexibility index (Phi) is 4.90. The maximum atomic E-state index is 10.2. The molecule has 1 aromatic carbocycles. The molecule has 0 saturated carbocycles. The van der Waals surface area contributed by atoms with E-state index in [1.54, 1.807) is 0 Å². The summed E-state index contributed by atoms with van der Waals surface area (Å²) in [6.07, 6.45) is 3.40. The lowest BCUT2D eigenvalue weighted by atomic mass is 9.79. The van der Waals surface area contributed by atoms with Crippen molar-refractivity contribution < 1.29 is 20.4 Å². The fraction of sp³-hybridized carbons (Fsp3) is 0.368. The van der Waals surface area contributed by atoms with Gasteiger partial charge in [0, 0.05) is 25.6 Å². The van der Waals surface area contributed by atoms with Gasteiger partial charge in [0.25, 0.3) is 5.79 Å². The minimum atomic E-state index is -2.93. The first-order valence-corrected chi connectivity index (χ1v) is 8.55. The first kappa shape index (κ1) is 18.3. The van der Waals surface area contributed by atoms with Gasteiger partial charge in [-0.05, 0) is 29.2 Å². The number of rotatable bonds is 3. The Morgan fingerprint density at radius 1 is 1.20 bits per heavy atom. The lowest BCUT2D eigenvalue weighted by molar-refractivity contribution is -0.311. The van der Waals surface area contributed by atoms with E-state index in [4.69, 9.17) is 11.6 Å². The molecule has 0 spiro atoms. The third kappa shape index (κ3) is 3.19. The summed E-state index contributed by atoms with van der Waals surface area (Å²) in [7, 11) is 0. The molecule has 6 heteroatoms. The highest BCUT2D eigenvalue weighted by atomic mass is 35.5. The van der Waals surface area contributed by atoms with Gasteiger partial charge in [-0.2, -0.15) is 0 Å².